The van der Waals surface area contributed by atoms with Crippen molar-refractivity contribution in [2.75, 3.05) is 31.6 Å². The lowest BCUT2D eigenvalue weighted by Crippen LogP contribution is -2.35. The van der Waals surface area contributed by atoms with Crippen molar-refractivity contribution in [1.29, 1.82) is 0 Å². The van der Waals surface area contributed by atoms with E-state index in [-0.39, 0.29) is 28.4 Å². The van der Waals surface area contributed by atoms with Gasteiger partial charge >= 0.3 is 5.69 Å². The number of ether oxygens (including phenoxy) is 1. The van der Waals surface area contributed by atoms with E-state index < -0.39 is 11.2 Å². The number of carbonyl (C=O) groups is 1. The maximum atomic E-state index is 13.4. The third kappa shape index (κ3) is 4.46. The molecule has 1 aliphatic carbocycles. The first-order valence-corrected chi connectivity index (χ1v) is 11.4. The zero-order valence-electron chi connectivity index (χ0n) is 18.6. The quantitative estimate of drug-likeness (QED) is 0.596. The molecule has 3 aromatic rings. The lowest BCUT2D eigenvalue weighted by molar-refractivity contribution is 0.0342. The van der Waals surface area contributed by atoms with E-state index in [2.05, 4.69) is 20.2 Å². The van der Waals surface area contributed by atoms with Gasteiger partial charge in [0.15, 0.2) is 5.65 Å². The van der Waals surface area contributed by atoms with Gasteiger partial charge in [0.2, 0.25) is 0 Å². The van der Waals surface area contributed by atoms with Crippen LogP contribution in [0.4, 0.5) is 5.69 Å². The molecule has 2 aromatic heterocycles. The Balaban J connectivity index is 1.49. The summed E-state index contributed by atoms with van der Waals surface area (Å²) in [7, 11) is 0. The van der Waals surface area contributed by atoms with Gasteiger partial charge < -0.3 is 10.1 Å². The predicted molar refractivity (Wildman–Crippen MR) is 125 cm³/mol. The molecule has 0 radical (unpaired) electrons. The van der Waals surface area contributed by atoms with E-state index in [0.717, 1.165) is 56.9 Å². The van der Waals surface area contributed by atoms with E-state index in [9.17, 15) is 14.4 Å². The second-order valence-electron chi connectivity index (χ2n) is 8.61. The monoisotopic (exact) mass is 449 g/mol. The summed E-state index contributed by atoms with van der Waals surface area (Å²) in [6.45, 7) is 6.15. The SMILES string of the molecule is CCn1c(=O)[nH]c(=O)c2c(C(=O)Nc3cccc(CN4CCOCC4)c3)cc(C3CC3)nc21. The Labute approximate surface area is 190 Å². The number of carbonyl (C=O) groups excluding carboxylic acids is 1. The Morgan fingerprint density at radius 1 is 1.21 bits per heavy atom. The molecule has 0 spiro atoms. The summed E-state index contributed by atoms with van der Waals surface area (Å²) in [5.41, 5.74) is 1.89. The number of aromatic nitrogens is 3. The second kappa shape index (κ2) is 8.92. The molecule has 1 saturated heterocycles. The van der Waals surface area contributed by atoms with E-state index in [1.165, 1.54) is 4.57 Å². The molecule has 1 amide bonds. The van der Waals surface area contributed by atoms with Gasteiger partial charge in [0.25, 0.3) is 11.5 Å². The van der Waals surface area contributed by atoms with Crippen LogP contribution in [0, 0.1) is 0 Å². The molecule has 172 valence electrons. The Bertz CT molecular complexity index is 1320. The first kappa shape index (κ1) is 21.5. The molecule has 1 aliphatic heterocycles. The maximum absolute atomic E-state index is 13.4. The summed E-state index contributed by atoms with van der Waals surface area (Å²) in [6, 6.07) is 9.42. The maximum Gasteiger partial charge on any atom is 0.329 e. The number of nitrogens with zero attached hydrogens (tertiary/aromatic N) is 3. The molecule has 5 rings (SSSR count). The van der Waals surface area contributed by atoms with Crippen molar-refractivity contribution in [1.82, 2.24) is 19.4 Å². The van der Waals surface area contributed by atoms with Crippen molar-refractivity contribution in [3.05, 3.63) is 68.0 Å². The number of fused-ring (bicyclic) bond motifs is 1. The fraction of sp³-hybridized carbons (Fsp3) is 0.417. The van der Waals surface area contributed by atoms with Crippen LogP contribution in [0.5, 0.6) is 0 Å². The summed E-state index contributed by atoms with van der Waals surface area (Å²) >= 11 is 0. The molecule has 33 heavy (non-hydrogen) atoms. The van der Waals surface area contributed by atoms with Crippen molar-refractivity contribution in [3.63, 3.8) is 0 Å². The predicted octanol–water partition coefficient (Wildman–Crippen LogP) is 2.07. The Morgan fingerprint density at radius 3 is 2.73 bits per heavy atom. The molecule has 2 aliphatic rings. The van der Waals surface area contributed by atoms with Crippen molar-refractivity contribution >= 4 is 22.6 Å². The number of pyridine rings is 1. The molecule has 1 saturated carbocycles. The fourth-order valence-corrected chi connectivity index (χ4v) is 4.32. The zero-order valence-corrected chi connectivity index (χ0v) is 18.6. The average molecular weight is 450 g/mol. The normalized spacial score (nSPS) is 16.8. The minimum atomic E-state index is -0.597. The number of amides is 1. The molecule has 2 N–H and O–H groups in total. The molecule has 3 heterocycles. The Hall–Kier alpha value is -3.30. The van der Waals surface area contributed by atoms with Gasteiger partial charge in [0.1, 0.15) is 0 Å². The standard InChI is InChI=1S/C24H27N5O4/c1-2-29-21-20(23(31)27-24(29)32)18(13-19(26-21)16-6-7-16)22(30)25-17-5-3-4-15(12-17)14-28-8-10-33-11-9-28/h3-5,12-13,16H,2,6-11,14H2,1H3,(H,25,30)(H,27,31,32). The van der Waals surface area contributed by atoms with Crippen LogP contribution in [-0.4, -0.2) is 51.6 Å². The lowest BCUT2D eigenvalue weighted by Gasteiger charge is -2.26. The number of anilines is 1. The number of morpholine rings is 1. The second-order valence-corrected chi connectivity index (χ2v) is 8.61. The summed E-state index contributed by atoms with van der Waals surface area (Å²) in [4.78, 5) is 47.6. The van der Waals surface area contributed by atoms with Crippen molar-refractivity contribution in [2.45, 2.75) is 38.8 Å². The summed E-state index contributed by atoms with van der Waals surface area (Å²) in [6.07, 6.45) is 1.98. The van der Waals surface area contributed by atoms with E-state index in [0.29, 0.717) is 12.2 Å². The number of aryl methyl sites for hydroxylation is 1. The minimum Gasteiger partial charge on any atom is -0.379 e. The third-order valence-electron chi connectivity index (χ3n) is 6.22. The van der Waals surface area contributed by atoms with Gasteiger partial charge in [-0.15, -0.1) is 0 Å². The van der Waals surface area contributed by atoms with Crippen LogP contribution in [0.25, 0.3) is 11.0 Å². The molecule has 0 bridgehead atoms. The molecular weight excluding hydrogens is 422 g/mol. The number of rotatable bonds is 6. The summed E-state index contributed by atoms with van der Waals surface area (Å²) in [5, 5.41) is 3.09. The Kier molecular flexibility index (Phi) is 5.82. The van der Waals surface area contributed by atoms with Gasteiger partial charge in [0.05, 0.1) is 24.2 Å². The smallest absolute Gasteiger partial charge is 0.329 e. The summed E-state index contributed by atoms with van der Waals surface area (Å²) < 4.78 is 6.81. The molecule has 2 fully saturated rings. The molecule has 9 heteroatoms. The topological polar surface area (TPSA) is 109 Å². The number of benzene rings is 1. The van der Waals surface area contributed by atoms with Gasteiger partial charge in [-0.3, -0.25) is 24.0 Å². The van der Waals surface area contributed by atoms with Crippen molar-refractivity contribution < 1.29 is 9.53 Å². The van der Waals surface area contributed by atoms with Crippen LogP contribution in [0.15, 0.2) is 39.9 Å². The van der Waals surface area contributed by atoms with Crippen LogP contribution in [-0.2, 0) is 17.8 Å². The first-order chi connectivity index (χ1) is 16.0. The number of aromatic amines is 1. The highest BCUT2D eigenvalue weighted by Gasteiger charge is 2.28. The molecule has 0 atom stereocenters. The van der Waals surface area contributed by atoms with Gasteiger partial charge in [-0.25, -0.2) is 9.78 Å². The van der Waals surface area contributed by atoms with Crippen LogP contribution in [0.3, 0.4) is 0 Å². The van der Waals surface area contributed by atoms with E-state index in [4.69, 9.17) is 4.74 Å². The molecule has 9 nitrogen and oxygen atoms in total. The summed E-state index contributed by atoms with van der Waals surface area (Å²) in [5.74, 6) is -0.128. The first-order valence-electron chi connectivity index (χ1n) is 11.4. The third-order valence-corrected chi connectivity index (χ3v) is 6.22. The lowest BCUT2D eigenvalue weighted by atomic mass is 10.1. The van der Waals surface area contributed by atoms with Gasteiger partial charge in [-0.1, -0.05) is 12.1 Å². The van der Waals surface area contributed by atoms with E-state index in [1.807, 2.05) is 31.2 Å². The number of nitrogens with one attached hydrogen (secondary N) is 2. The largest absolute Gasteiger partial charge is 0.379 e. The van der Waals surface area contributed by atoms with Gasteiger partial charge in [0, 0.05) is 43.5 Å². The van der Waals surface area contributed by atoms with Crippen LogP contribution in [0.1, 0.15) is 47.3 Å². The van der Waals surface area contributed by atoms with Crippen LogP contribution in [0.2, 0.25) is 0 Å². The van der Waals surface area contributed by atoms with E-state index >= 15 is 0 Å². The average Bonchev–Trinajstić information content (AvgIpc) is 3.65. The fourth-order valence-electron chi connectivity index (χ4n) is 4.32. The Morgan fingerprint density at radius 2 is 2.00 bits per heavy atom. The highest BCUT2D eigenvalue weighted by molar-refractivity contribution is 6.11. The number of hydrogen-bond donors (Lipinski definition) is 2. The van der Waals surface area contributed by atoms with Gasteiger partial charge in [-0.2, -0.15) is 0 Å². The highest BCUT2D eigenvalue weighted by Crippen LogP contribution is 2.40. The van der Waals surface area contributed by atoms with Crippen molar-refractivity contribution in [2.24, 2.45) is 0 Å². The molecule has 0 unspecified atom stereocenters. The number of hydrogen-bond acceptors (Lipinski definition) is 6. The molecular formula is C24H27N5O4. The van der Waals surface area contributed by atoms with Crippen LogP contribution >= 0.6 is 0 Å². The number of H-pyrrole nitrogens is 1. The zero-order chi connectivity index (χ0) is 22.9. The molecule has 1 aromatic carbocycles. The van der Waals surface area contributed by atoms with Gasteiger partial charge in [-0.05, 0) is 43.5 Å². The van der Waals surface area contributed by atoms with E-state index in [1.54, 1.807) is 6.07 Å². The highest BCUT2D eigenvalue weighted by atomic mass is 16.5. The van der Waals surface area contributed by atoms with Crippen LogP contribution < -0.4 is 16.6 Å². The van der Waals surface area contributed by atoms with Crippen molar-refractivity contribution in [3.8, 4) is 0 Å². The minimum absolute atomic E-state index is 0.142.